The SMILES string of the molecule is [C-]#[N+]c1c(-c2ccccc2)c(C#N)c(-n2c3cncc4c5ccccc5c5cncc2c5c43)c(-c2ccccc2)c1-n1c2cccc3c4cccnc4c4cccc1c4c32. The van der Waals surface area contributed by atoms with Gasteiger partial charge in [-0.25, -0.2) is 4.85 Å². The van der Waals surface area contributed by atoms with Gasteiger partial charge >= 0.3 is 0 Å². The largest absolute Gasteiger partial charge is 0.318 e. The normalized spacial score (nSPS) is 12.0. The summed E-state index contributed by atoms with van der Waals surface area (Å²) in [7, 11) is 0. The van der Waals surface area contributed by atoms with Crippen molar-refractivity contribution in [1.29, 1.82) is 5.26 Å². The summed E-state index contributed by atoms with van der Waals surface area (Å²) in [4.78, 5) is 19.1. The van der Waals surface area contributed by atoms with Gasteiger partial charge in [0.1, 0.15) is 6.07 Å². The summed E-state index contributed by atoms with van der Waals surface area (Å²) < 4.78 is 4.46. The minimum atomic E-state index is 0.389. The van der Waals surface area contributed by atoms with E-state index in [9.17, 15) is 5.26 Å². The Labute approximate surface area is 341 Å². The molecule has 0 aliphatic heterocycles. The maximum Gasteiger partial charge on any atom is 0.220 e. The van der Waals surface area contributed by atoms with E-state index >= 15 is 0 Å². The number of hydrogen-bond acceptors (Lipinski definition) is 4. The molecule has 0 spiro atoms. The summed E-state index contributed by atoms with van der Waals surface area (Å²) in [5.41, 5.74) is 9.67. The van der Waals surface area contributed by atoms with Crippen molar-refractivity contribution >= 4 is 92.5 Å². The van der Waals surface area contributed by atoms with Crippen LogP contribution < -0.4 is 0 Å². The van der Waals surface area contributed by atoms with E-state index < -0.39 is 0 Å². The Morgan fingerprint density at radius 1 is 0.467 bits per heavy atom. The van der Waals surface area contributed by atoms with Crippen LogP contribution in [-0.2, 0) is 0 Å². The molecule has 5 heterocycles. The lowest BCUT2D eigenvalue weighted by Gasteiger charge is -2.25. The van der Waals surface area contributed by atoms with Crippen molar-refractivity contribution in [2.75, 3.05) is 0 Å². The fourth-order valence-corrected chi connectivity index (χ4v) is 10.2. The maximum absolute atomic E-state index is 11.7. The third kappa shape index (κ3) is 4.02. The van der Waals surface area contributed by atoms with Crippen molar-refractivity contribution in [3.63, 3.8) is 0 Å². The predicted molar refractivity (Wildman–Crippen MR) is 243 cm³/mol. The number of rotatable bonds is 4. The van der Waals surface area contributed by atoms with Crippen LogP contribution >= 0.6 is 0 Å². The summed E-state index contributed by atoms with van der Waals surface area (Å²) in [6.45, 7) is 9.14. The van der Waals surface area contributed by atoms with Gasteiger partial charge in [0.2, 0.25) is 5.69 Å². The zero-order valence-electron chi connectivity index (χ0n) is 31.7. The van der Waals surface area contributed by atoms with E-state index in [0.29, 0.717) is 28.2 Å². The number of pyridine rings is 3. The Balaban J connectivity index is 1.33. The molecule has 0 saturated heterocycles. The molecule has 0 amide bonds. The first-order valence-electron chi connectivity index (χ1n) is 19.8. The monoisotopic (exact) mass is 761 g/mol. The van der Waals surface area contributed by atoms with Crippen LogP contribution in [0.3, 0.4) is 0 Å². The Morgan fingerprint density at radius 3 is 1.60 bits per heavy atom. The van der Waals surface area contributed by atoms with Crippen LogP contribution in [0.1, 0.15) is 5.56 Å². The van der Waals surface area contributed by atoms with Crippen molar-refractivity contribution in [2.24, 2.45) is 0 Å². The van der Waals surface area contributed by atoms with Gasteiger partial charge in [0, 0.05) is 72.8 Å². The third-order valence-electron chi connectivity index (χ3n) is 12.5. The number of nitrogens with zero attached hydrogens (tertiary/aromatic N) is 7. The first-order valence-corrected chi connectivity index (χ1v) is 19.8. The van der Waals surface area contributed by atoms with Gasteiger partial charge in [-0.3, -0.25) is 15.0 Å². The lowest BCUT2D eigenvalue weighted by atomic mass is 9.88. The molecule has 8 aromatic carbocycles. The van der Waals surface area contributed by atoms with Crippen LogP contribution in [0.25, 0.3) is 125 Å². The van der Waals surface area contributed by atoms with Crippen molar-refractivity contribution in [3.8, 4) is 39.7 Å². The first kappa shape index (κ1) is 32.4. The molecule has 0 saturated carbocycles. The molecule has 274 valence electrons. The third-order valence-corrected chi connectivity index (χ3v) is 12.5. The lowest BCUT2D eigenvalue weighted by molar-refractivity contribution is 1.12. The molecular weight excluding hydrogens is 735 g/mol. The standard InChI is InChI=1S/C53H27N7/c1-55-51-44(30-13-4-2-5-14-30)37(25-54)52(60-42-28-56-26-38-32-17-8-9-18-33(32)39-27-57-29-43(60)49(39)48(38)42)45(31-15-6-3-7-16-31)53(51)59-40-22-10-19-34-35-21-12-24-58-50(35)36-20-11-23-41(59)47(36)46(34)40/h2-24,26-29H. The molecule has 13 rings (SSSR count). The van der Waals surface area contributed by atoms with Crippen LogP contribution in [0.4, 0.5) is 5.69 Å². The van der Waals surface area contributed by atoms with Crippen molar-refractivity contribution in [1.82, 2.24) is 24.1 Å². The summed E-state index contributed by atoms with van der Waals surface area (Å²) >= 11 is 0. The highest BCUT2D eigenvalue weighted by molar-refractivity contribution is 6.35. The van der Waals surface area contributed by atoms with Gasteiger partial charge in [0.15, 0.2) is 0 Å². The number of fused-ring (bicyclic) bond motifs is 6. The van der Waals surface area contributed by atoms with Gasteiger partial charge in [-0.2, -0.15) is 5.26 Å². The molecule has 0 bridgehead atoms. The smallest absolute Gasteiger partial charge is 0.220 e. The topological polar surface area (TPSA) is 76.7 Å². The highest BCUT2D eigenvalue weighted by Crippen LogP contribution is 2.54. The molecule has 7 heteroatoms. The molecule has 0 aliphatic rings. The highest BCUT2D eigenvalue weighted by Gasteiger charge is 2.33. The Morgan fingerprint density at radius 2 is 0.983 bits per heavy atom. The van der Waals surface area contributed by atoms with Gasteiger partial charge in [-0.05, 0) is 45.5 Å². The number of benzene rings is 8. The van der Waals surface area contributed by atoms with Gasteiger partial charge in [0.05, 0.1) is 63.5 Å². The average Bonchev–Trinajstić information content (AvgIpc) is 3.84. The summed E-state index contributed by atoms with van der Waals surface area (Å²) in [6.07, 6.45) is 9.56. The lowest BCUT2D eigenvalue weighted by Crippen LogP contribution is -2.09. The summed E-state index contributed by atoms with van der Waals surface area (Å²) in [6, 6.07) is 48.1. The Hall–Kier alpha value is -8.65. The van der Waals surface area contributed by atoms with Gasteiger partial charge in [-0.1, -0.05) is 115 Å². The molecule has 13 aromatic rings. The first-order chi connectivity index (χ1) is 29.8. The highest BCUT2D eigenvalue weighted by atomic mass is 15.1. The predicted octanol–water partition coefficient (Wildman–Crippen LogP) is 13.3. The molecule has 0 atom stereocenters. The fraction of sp³-hybridized carbons (Fsp3) is 0. The van der Waals surface area contributed by atoms with Crippen LogP contribution in [0, 0.1) is 17.9 Å². The van der Waals surface area contributed by atoms with Crippen molar-refractivity contribution in [3.05, 3.63) is 181 Å². The second kappa shape index (κ2) is 11.9. The van der Waals surface area contributed by atoms with E-state index in [1.165, 1.54) is 0 Å². The minimum absolute atomic E-state index is 0.389. The van der Waals surface area contributed by atoms with Crippen LogP contribution in [0.5, 0.6) is 0 Å². The molecule has 0 radical (unpaired) electrons. The second-order valence-corrected chi connectivity index (χ2v) is 15.3. The van der Waals surface area contributed by atoms with Gasteiger partial charge in [-0.15, -0.1) is 0 Å². The Bertz CT molecular complexity index is 3620. The molecule has 0 N–H and O–H groups in total. The Kier molecular flexibility index (Phi) is 6.45. The number of nitriles is 1. The van der Waals surface area contributed by atoms with E-state index in [1.807, 2.05) is 85.6 Å². The summed E-state index contributed by atoms with van der Waals surface area (Å²) in [5.74, 6) is 0. The molecule has 0 unspecified atom stereocenters. The van der Waals surface area contributed by atoms with Crippen molar-refractivity contribution in [2.45, 2.75) is 0 Å². The summed E-state index contributed by atoms with van der Waals surface area (Å²) in [5, 5.41) is 23.4. The van der Waals surface area contributed by atoms with E-state index in [4.69, 9.17) is 21.5 Å². The van der Waals surface area contributed by atoms with E-state index in [1.54, 1.807) is 0 Å². The molecule has 5 aromatic heterocycles. The van der Waals surface area contributed by atoms with Crippen LogP contribution in [-0.4, -0.2) is 24.1 Å². The quantitative estimate of drug-likeness (QED) is 0.132. The number of aromatic nitrogens is 5. The van der Waals surface area contributed by atoms with E-state index in [0.717, 1.165) is 104 Å². The zero-order valence-corrected chi connectivity index (χ0v) is 31.7. The van der Waals surface area contributed by atoms with Crippen LogP contribution in [0.2, 0.25) is 0 Å². The van der Waals surface area contributed by atoms with Crippen molar-refractivity contribution < 1.29 is 0 Å². The maximum atomic E-state index is 11.7. The fourth-order valence-electron chi connectivity index (χ4n) is 10.2. The second-order valence-electron chi connectivity index (χ2n) is 15.3. The molecule has 60 heavy (non-hydrogen) atoms. The molecule has 7 nitrogen and oxygen atoms in total. The van der Waals surface area contributed by atoms with Crippen LogP contribution in [0.15, 0.2) is 164 Å². The minimum Gasteiger partial charge on any atom is -0.318 e. The average molecular weight is 762 g/mol. The van der Waals surface area contributed by atoms with E-state index in [-0.39, 0.29) is 0 Å². The zero-order chi connectivity index (χ0) is 39.6. The molecule has 0 fully saturated rings. The van der Waals surface area contributed by atoms with E-state index in [2.05, 4.69) is 98.9 Å². The molecule has 0 aliphatic carbocycles. The number of hydrogen-bond donors (Lipinski definition) is 0. The van der Waals surface area contributed by atoms with Gasteiger partial charge in [0.25, 0.3) is 0 Å². The molecular formula is C53H27N7. The van der Waals surface area contributed by atoms with Gasteiger partial charge < -0.3 is 9.13 Å².